The molecule has 1 nitrogen and oxygen atoms in total. The van der Waals surface area contributed by atoms with E-state index in [0.29, 0.717) is 17.4 Å². The Balaban J connectivity index is 1.99. The maximum absolute atomic E-state index is 4.94. The Morgan fingerprint density at radius 2 is 1.91 bits per heavy atom. The first-order valence-electron chi connectivity index (χ1n) is 8.98. The number of aliphatic imine (C=N–C) groups is 1. The fraction of sp³-hybridized carbons (Fsp3) is 0.667. The number of hydrogen-bond donors (Lipinski definition) is 0. The predicted molar refractivity (Wildman–Crippen MR) is 98.5 cm³/mol. The first-order chi connectivity index (χ1) is 10.4. The summed E-state index contributed by atoms with van der Waals surface area (Å²) in [7, 11) is 0. The van der Waals surface area contributed by atoms with Gasteiger partial charge in [-0.15, -0.1) is 0 Å². The zero-order chi connectivity index (χ0) is 16.3. The maximum Gasteiger partial charge on any atom is 0.0748 e. The summed E-state index contributed by atoms with van der Waals surface area (Å²) in [6.45, 7) is 13.6. The molecule has 0 saturated heterocycles. The summed E-state index contributed by atoms with van der Waals surface area (Å²) in [4.78, 5) is 4.94. The van der Waals surface area contributed by atoms with E-state index in [1.165, 1.54) is 42.5 Å². The van der Waals surface area contributed by atoms with Crippen LogP contribution in [0.2, 0.25) is 0 Å². The summed E-state index contributed by atoms with van der Waals surface area (Å²) in [5.74, 6) is 1.30. The third kappa shape index (κ3) is 3.62. The molecule has 1 fully saturated rings. The highest BCUT2D eigenvalue weighted by molar-refractivity contribution is 5.93. The molecule has 0 heterocycles. The standard InChI is InChI=1S/C21H33N/c1-7-21(8-2)13-19(14-21)16(4)12-17(5)22-20-11-9-10-15(3)18(20)6/h9-12,18-20H,7-8,13-14H2,1-6H3/b16-12+,22-17?. The average Bonchev–Trinajstić information content (AvgIpc) is 2.44. The van der Waals surface area contributed by atoms with Crippen LogP contribution in [0.5, 0.6) is 0 Å². The Hall–Kier alpha value is -1.11. The molecule has 2 unspecified atom stereocenters. The molecule has 0 bridgehead atoms. The van der Waals surface area contributed by atoms with Crippen molar-refractivity contribution < 1.29 is 0 Å². The Morgan fingerprint density at radius 1 is 1.27 bits per heavy atom. The van der Waals surface area contributed by atoms with Gasteiger partial charge in [0.05, 0.1) is 6.04 Å². The van der Waals surface area contributed by atoms with Crippen molar-refractivity contribution in [2.24, 2.45) is 22.2 Å². The maximum atomic E-state index is 4.94. The molecule has 0 N–H and O–H groups in total. The monoisotopic (exact) mass is 299 g/mol. The van der Waals surface area contributed by atoms with E-state index in [0.717, 1.165) is 5.92 Å². The minimum absolute atomic E-state index is 0.306. The van der Waals surface area contributed by atoms with Gasteiger partial charge in [-0.3, -0.25) is 4.99 Å². The highest BCUT2D eigenvalue weighted by Gasteiger charge is 2.41. The number of nitrogens with zero attached hydrogens (tertiary/aromatic N) is 1. The van der Waals surface area contributed by atoms with Crippen LogP contribution in [0.4, 0.5) is 0 Å². The highest BCUT2D eigenvalue weighted by atomic mass is 14.8. The smallest absolute Gasteiger partial charge is 0.0748 e. The zero-order valence-electron chi connectivity index (χ0n) is 15.3. The summed E-state index contributed by atoms with van der Waals surface area (Å²) in [6.07, 6.45) is 14.3. The first-order valence-corrected chi connectivity index (χ1v) is 8.98. The van der Waals surface area contributed by atoms with E-state index in [4.69, 9.17) is 4.99 Å². The van der Waals surface area contributed by atoms with Gasteiger partial charge in [0.1, 0.15) is 0 Å². The quantitative estimate of drug-likeness (QED) is 0.541. The van der Waals surface area contributed by atoms with Crippen molar-refractivity contribution in [3.63, 3.8) is 0 Å². The molecule has 22 heavy (non-hydrogen) atoms. The average molecular weight is 300 g/mol. The van der Waals surface area contributed by atoms with E-state index in [-0.39, 0.29) is 0 Å². The van der Waals surface area contributed by atoms with E-state index in [9.17, 15) is 0 Å². The summed E-state index contributed by atoms with van der Waals surface area (Å²) in [5.41, 5.74) is 4.77. The van der Waals surface area contributed by atoms with Gasteiger partial charge in [0, 0.05) is 11.6 Å². The molecule has 2 atom stereocenters. The van der Waals surface area contributed by atoms with Gasteiger partial charge in [-0.05, 0) is 51.0 Å². The molecular weight excluding hydrogens is 266 g/mol. The van der Waals surface area contributed by atoms with Crippen molar-refractivity contribution in [1.82, 2.24) is 0 Å². The SMILES string of the molecule is CCC1(CC)CC(/C(C)=C/C(C)=NC2C=CC=C(C)C2C)C1. The fourth-order valence-electron chi connectivity index (χ4n) is 3.92. The minimum Gasteiger partial charge on any atom is -0.282 e. The van der Waals surface area contributed by atoms with Gasteiger partial charge in [0.25, 0.3) is 0 Å². The molecule has 0 aliphatic heterocycles. The predicted octanol–water partition coefficient (Wildman–Crippen LogP) is 6.13. The van der Waals surface area contributed by atoms with Crippen LogP contribution >= 0.6 is 0 Å². The van der Waals surface area contributed by atoms with Gasteiger partial charge in [-0.2, -0.15) is 0 Å². The van der Waals surface area contributed by atoms with Crippen LogP contribution in [0.25, 0.3) is 0 Å². The van der Waals surface area contributed by atoms with Crippen LogP contribution < -0.4 is 0 Å². The lowest BCUT2D eigenvalue weighted by Crippen LogP contribution is -2.36. The van der Waals surface area contributed by atoms with E-state index < -0.39 is 0 Å². The van der Waals surface area contributed by atoms with Crippen molar-refractivity contribution in [2.75, 3.05) is 0 Å². The topological polar surface area (TPSA) is 12.4 Å². The van der Waals surface area contributed by atoms with Crippen LogP contribution in [-0.2, 0) is 0 Å². The molecule has 122 valence electrons. The third-order valence-electron chi connectivity index (χ3n) is 6.19. The molecule has 0 amide bonds. The minimum atomic E-state index is 0.306. The second kappa shape index (κ2) is 6.98. The van der Waals surface area contributed by atoms with Crippen molar-refractivity contribution in [2.45, 2.75) is 73.3 Å². The normalized spacial score (nSPS) is 29.3. The van der Waals surface area contributed by atoms with Crippen molar-refractivity contribution in [3.8, 4) is 0 Å². The molecular formula is C21H33N. The number of allylic oxidation sites excluding steroid dienone is 4. The Bertz CT molecular complexity index is 506. The highest BCUT2D eigenvalue weighted by Crippen LogP contribution is 2.53. The van der Waals surface area contributed by atoms with Crippen molar-refractivity contribution in [1.29, 1.82) is 0 Å². The molecule has 2 aliphatic carbocycles. The molecule has 2 rings (SSSR count). The second-order valence-corrected chi connectivity index (χ2v) is 7.55. The van der Waals surface area contributed by atoms with E-state index in [1.807, 2.05) is 0 Å². The van der Waals surface area contributed by atoms with Gasteiger partial charge in [-0.1, -0.05) is 63.0 Å². The molecule has 0 radical (unpaired) electrons. The van der Waals surface area contributed by atoms with Crippen LogP contribution in [0, 0.1) is 17.3 Å². The largest absolute Gasteiger partial charge is 0.282 e. The number of rotatable bonds is 5. The first kappa shape index (κ1) is 17.2. The Morgan fingerprint density at radius 3 is 2.50 bits per heavy atom. The molecule has 1 heteroatoms. The second-order valence-electron chi connectivity index (χ2n) is 7.55. The van der Waals surface area contributed by atoms with Crippen LogP contribution in [0.3, 0.4) is 0 Å². The Kier molecular flexibility index (Phi) is 5.47. The molecule has 0 aromatic carbocycles. The van der Waals surface area contributed by atoms with Gasteiger partial charge in [0.15, 0.2) is 0 Å². The molecule has 1 saturated carbocycles. The summed E-state index contributed by atoms with van der Waals surface area (Å²) < 4.78 is 0. The summed E-state index contributed by atoms with van der Waals surface area (Å²) in [5, 5.41) is 0. The van der Waals surface area contributed by atoms with E-state index in [2.05, 4.69) is 65.8 Å². The lowest BCUT2D eigenvalue weighted by Gasteiger charge is -2.48. The summed E-state index contributed by atoms with van der Waals surface area (Å²) in [6, 6.07) is 0.306. The van der Waals surface area contributed by atoms with Gasteiger partial charge < -0.3 is 0 Å². The molecule has 2 aliphatic rings. The molecule has 0 aromatic rings. The molecule has 0 aromatic heterocycles. The lowest BCUT2D eigenvalue weighted by molar-refractivity contribution is 0.0668. The lowest BCUT2D eigenvalue weighted by atomic mass is 9.57. The van der Waals surface area contributed by atoms with Crippen LogP contribution in [-0.4, -0.2) is 11.8 Å². The van der Waals surface area contributed by atoms with Gasteiger partial charge in [0.2, 0.25) is 0 Å². The van der Waals surface area contributed by atoms with Crippen LogP contribution in [0.15, 0.2) is 40.4 Å². The molecule has 0 spiro atoms. The Labute approximate surface area is 137 Å². The summed E-state index contributed by atoms with van der Waals surface area (Å²) >= 11 is 0. The zero-order valence-corrected chi connectivity index (χ0v) is 15.3. The van der Waals surface area contributed by atoms with Crippen molar-refractivity contribution >= 4 is 5.71 Å². The van der Waals surface area contributed by atoms with Gasteiger partial charge >= 0.3 is 0 Å². The number of hydrogen-bond acceptors (Lipinski definition) is 1. The van der Waals surface area contributed by atoms with Crippen LogP contribution in [0.1, 0.15) is 67.2 Å². The third-order valence-corrected chi connectivity index (χ3v) is 6.19. The fourth-order valence-corrected chi connectivity index (χ4v) is 3.92. The van der Waals surface area contributed by atoms with Gasteiger partial charge in [-0.25, -0.2) is 0 Å². The van der Waals surface area contributed by atoms with Crippen molar-refractivity contribution in [3.05, 3.63) is 35.5 Å². The van der Waals surface area contributed by atoms with E-state index >= 15 is 0 Å². The van der Waals surface area contributed by atoms with E-state index in [1.54, 1.807) is 0 Å².